The van der Waals surface area contributed by atoms with E-state index in [0.29, 0.717) is 6.54 Å². The molecule has 2 atom stereocenters. The van der Waals surface area contributed by atoms with Crippen molar-refractivity contribution in [1.82, 2.24) is 4.90 Å². The van der Waals surface area contributed by atoms with E-state index in [2.05, 4.69) is 6.58 Å². The van der Waals surface area contributed by atoms with Crippen LogP contribution in [0.1, 0.15) is 0 Å². The fraction of sp³-hybridized carbons (Fsp3) is 0.273. The molecule has 1 amide bonds. The van der Waals surface area contributed by atoms with Crippen LogP contribution in [0.15, 0.2) is 37.0 Å². The summed E-state index contributed by atoms with van der Waals surface area (Å²) in [6, 6.07) is -0.0991. The third-order valence-corrected chi connectivity index (χ3v) is 2.57. The fourth-order valence-corrected chi connectivity index (χ4v) is 1.90. The van der Waals surface area contributed by atoms with Crippen LogP contribution >= 0.6 is 0 Å². The number of carbonyl (C=O) groups is 2. The Balaban J connectivity index is 2.32. The van der Waals surface area contributed by atoms with E-state index in [0.717, 1.165) is 0 Å². The van der Waals surface area contributed by atoms with Crippen molar-refractivity contribution in [3.63, 3.8) is 0 Å². The topological polar surface area (TPSA) is 37.4 Å². The zero-order valence-corrected chi connectivity index (χ0v) is 7.72. The highest BCUT2D eigenvalue weighted by molar-refractivity contribution is 6.39. The molecule has 0 aromatic rings. The highest BCUT2D eigenvalue weighted by Gasteiger charge is 2.44. The first-order chi connectivity index (χ1) is 6.75. The van der Waals surface area contributed by atoms with Gasteiger partial charge in [0.05, 0.1) is 12.0 Å². The van der Waals surface area contributed by atoms with Crippen LogP contribution in [-0.4, -0.2) is 29.2 Å². The molecule has 1 saturated heterocycles. The standard InChI is InChI=1S/C11H11NO2/c1-2-7-12-9-6-4-3-5-8(9)10(13)11(12)14/h2-6,8-9H,1,7H2/t8-,9-/m0/s1. The number of likely N-dealkylation sites (tertiary alicyclic amines) is 1. The van der Waals surface area contributed by atoms with Gasteiger partial charge >= 0.3 is 0 Å². The van der Waals surface area contributed by atoms with E-state index < -0.39 is 5.91 Å². The predicted octanol–water partition coefficient (Wildman–Crippen LogP) is 0.694. The Hall–Kier alpha value is -1.64. The first-order valence-electron chi connectivity index (χ1n) is 4.56. The number of Topliss-reactive ketones (excluding diaryl/α,β-unsaturated/α-hetero) is 1. The van der Waals surface area contributed by atoms with Gasteiger partial charge in [-0.2, -0.15) is 0 Å². The molecule has 1 aliphatic heterocycles. The van der Waals surface area contributed by atoms with Gasteiger partial charge in [-0.1, -0.05) is 30.4 Å². The largest absolute Gasteiger partial charge is 0.325 e. The molecule has 14 heavy (non-hydrogen) atoms. The van der Waals surface area contributed by atoms with Crippen molar-refractivity contribution in [1.29, 1.82) is 0 Å². The molecule has 0 bridgehead atoms. The van der Waals surface area contributed by atoms with Gasteiger partial charge in [0.15, 0.2) is 0 Å². The van der Waals surface area contributed by atoms with Crippen LogP contribution in [0, 0.1) is 5.92 Å². The van der Waals surface area contributed by atoms with Crippen LogP contribution < -0.4 is 0 Å². The molecule has 3 nitrogen and oxygen atoms in total. The molecule has 72 valence electrons. The molecular formula is C11H11NO2. The summed E-state index contributed by atoms with van der Waals surface area (Å²) in [5.74, 6) is -0.985. The van der Waals surface area contributed by atoms with Gasteiger partial charge in [-0.25, -0.2) is 0 Å². The van der Waals surface area contributed by atoms with Crippen molar-refractivity contribution in [2.75, 3.05) is 6.54 Å². The van der Waals surface area contributed by atoms with Crippen LogP contribution in [0.4, 0.5) is 0 Å². The minimum Gasteiger partial charge on any atom is -0.325 e. The number of amides is 1. The Morgan fingerprint density at radius 2 is 2.07 bits per heavy atom. The van der Waals surface area contributed by atoms with Crippen LogP contribution in [0.3, 0.4) is 0 Å². The van der Waals surface area contributed by atoms with E-state index in [9.17, 15) is 9.59 Å². The van der Waals surface area contributed by atoms with Gasteiger partial charge < -0.3 is 4.90 Å². The maximum Gasteiger partial charge on any atom is 0.291 e. The second kappa shape index (κ2) is 3.25. The van der Waals surface area contributed by atoms with Gasteiger partial charge in [0.2, 0.25) is 5.78 Å². The lowest BCUT2D eigenvalue weighted by Gasteiger charge is -2.22. The molecular weight excluding hydrogens is 178 g/mol. The molecule has 0 N–H and O–H groups in total. The number of ketones is 1. The smallest absolute Gasteiger partial charge is 0.291 e. The third kappa shape index (κ3) is 1.13. The Morgan fingerprint density at radius 3 is 2.79 bits per heavy atom. The molecule has 1 aliphatic carbocycles. The van der Waals surface area contributed by atoms with Crippen LogP contribution in [0.25, 0.3) is 0 Å². The predicted molar refractivity (Wildman–Crippen MR) is 52.5 cm³/mol. The number of rotatable bonds is 2. The number of hydrogen-bond donors (Lipinski definition) is 0. The Labute approximate surface area is 82.4 Å². The zero-order chi connectivity index (χ0) is 10.1. The van der Waals surface area contributed by atoms with Gasteiger partial charge in [-0.05, 0) is 0 Å². The summed E-state index contributed by atoms with van der Waals surface area (Å²) in [7, 11) is 0. The average Bonchev–Trinajstić information content (AvgIpc) is 2.45. The highest BCUT2D eigenvalue weighted by Crippen LogP contribution is 2.27. The molecule has 0 aromatic carbocycles. The van der Waals surface area contributed by atoms with Crippen molar-refractivity contribution in [2.45, 2.75) is 6.04 Å². The van der Waals surface area contributed by atoms with Crippen molar-refractivity contribution in [2.24, 2.45) is 5.92 Å². The molecule has 0 aromatic heterocycles. The fourth-order valence-electron chi connectivity index (χ4n) is 1.90. The van der Waals surface area contributed by atoms with E-state index in [1.807, 2.05) is 18.2 Å². The highest BCUT2D eigenvalue weighted by atomic mass is 16.2. The second-order valence-electron chi connectivity index (χ2n) is 3.40. The summed E-state index contributed by atoms with van der Waals surface area (Å²) in [5, 5.41) is 0. The van der Waals surface area contributed by atoms with Gasteiger partial charge in [0.25, 0.3) is 5.91 Å². The van der Waals surface area contributed by atoms with Gasteiger partial charge in [0.1, 0.15) is 0 Å². The normalized spacial score (nSPS) is 29.6. The summed E-state index contributed by atoms with van der Waals surface area (Å²) in [6.07, 6.45) is 8.98. The maximum atomic E-state index is 11.5. The molecule has 1 fully saturated rings. The first kappa shape index (κ1) is 8.94. The number of nitrogens with zero attached hydrogens (tertiary/aromatic N) is 1. The molecule has 1 heterocycles. The minimum absolute atomic E-state index is 0.0991. The van der Waals surface area contributed by atoms with E-state index >= 15 is 0 Å². The lowest BCUT2D eigenvalue weighted by Crippen LogP contribution is -2.34. The second-order valence-corrected chi connectivity index (χ2v) is 3.40. The Bertz CT molecular complexity index is 354. The van der Waals surface area contributed by atoms with Gasteiger partial charge in [0, 0.05) is 6.54 Å². The molecule has 3 heteroatoms. The Morgan fingerprint density at radius 1 is 1.36 bits per heavy atom. The molecule has 2 rings (SSSR count). The van der Waals surface area contributed by atoms with Gasteiger partial charge in [-0.15, -0.1) is 6.58 Å². The lowest BCUT2D eigenvalue weighted by atomic mass is 9.95. The summed E-state index contributed by atoms with van der Waals surface area (Å²) >= 11 is 0. The zero-order valence-electron chi connectivity index (χ0n) is 7.72. The SMILES string of the molecule is C=CCN1C(=O)C(=O)[C@H]2C=CC=C[C@@H]21. The van der Waals surface area contributed by atoms with Crippen LogP contribution in [-0.2, 0) is 9.59 Å². The van der Waals surface area contributed by atoms with E-state index in [-0.39, 0.29) is 17.7 Å². The van der Waals surface area contributed by atoms with Gasteiger partial charge in [-0.3, -0.25) is 9.59 Å². The third-order valence-electron chi connectivity index (χ3n) is 2.57. The number of hydrogen-bond acceptors (Lipinski definition) is 2. The van der Waals surface area contributed by atoms with Crippen molar-refractivity contribution < 1.29 is 9.59 Å². The molecule has 0 spiro atoms. The van der Waals surface area contributed by atoms with E-state index in [1.165, 1.54) is 0 Å². The summed E-state index contributed by atoms with van der Waals surface area (Å²) in [6.45, 7) is 4.01. The number of allylic oxidation sites excluding steroid dienone is 2. The van der Waals surface area contributed by atoms with Crippen LogP contribution in [0.2, 0.25) is 0 Å². The van der Waals surface area contributed by atoms with E-state index in [1.54, 1.807) is 17.1 Å². The molecule has 0 saturated carbocycles. The quantitative estimate of drug-likeness (QED) is 0.473. The molecule has 0 radical (unpaired) electrons. The minimum atomic E-state index is -0.392. The van der Waals surface area contributed by atoms with Crippen molar-refractivity contribution in [3.05, 3.63) is 37.0 Å². The summed E-state index contributed by atoms with van der Waals surface area (Å²) < 4.78 is 0. The monoisotopic (exact) mass is 189 g/mol. The van der Waals surface area contributed by atoms with Crippen molar-refractivity contribution in [3.8, 4) is 0 Å². The van der Waals surface area contributed by atoms with Crippen LogP contribution in [0.5, 0.6) is 0 Å². The average molecular weight is 189 g/mol. The molecule has 2 aliphatic rings. The number of fused-ring (bicyclic) bond motifs is 1. The lowest BCUT2D eigenvalue weighted by molar-refractivity contribution is -0.140. The van der Waals surface area contributed by atoms with Crippen molar-refractivity contribution >= 4 is 11.7 Å². The maximum absolute atomic E-state index is 11.5. The Kier molecular flexibility index (Phi) is 2.08. The summed E-state index contributed by atoms with van der Waals surface area (Å²) in [4.78, 5) is 24.6. The number of carbonyl (C=O) groups excluding carboxylic acids is 2. The van der Waals surface area contributed by atoms with E-state index in [4.69, 9.17) is 0 Å². The first-order valence-corrected chi connectivity index (χ1v) is 4.56. The summed E-state index contributed by atoms with van der Waals surface area (Å²) in [5.41, 5.74) is 0. The molecule has 0 unspecified atom stereocenters.